The van der Waals surface area contributed by atoms with Gasteiger partial charge in [0.25, 0.3) is 0 Å². The van der Waals surface area contributed by atoms with E-state index in [4.69, 9.17) is 0 Å². The van der Waals surface area contributed by atoms with Crippen LogP contribution >= 0.6 is 11.8 Å². The summed E-state index contributed by atoms with van der Waals surface area (Å²) in [7, 11) is 0. The molecule has 0 aliphatic heterocycles. The minimum absolute atomic E-state index is 0.0481. The van der Waals surface area contributed by atoms with Crippen molar-refractivity contribution in [1.29, 1.82) is 0 Å². The summed E-state index contributed by atoms with van der Waals surface area (Å²) in [5, 5.41) is 12.7. The zero-order valence-corrected chi connectivity index (χ0v) is 17.5. The summed E-state index contributed by atoms with van der Waals surface area (Å²) in [5.74, 6) is 1.33. The Morgan fingerprint density at radius 2 is 1.93 bits per heavy atom. The van der Waals surface area contributed by atoms with Gasteiger partial charge in [-0.05, 0) is 42.9 Å². The van der Waals surface area contributed by atoms with Crippen LogP contribution in [0.5, 0.6) is 0 Å². The molecule has 1 aliphatic carbocycles. The number of aromatic nitrogens is 3. The van der Waals surface area contributed by atoms with E-state index >= 15 is 0 Å². The van der Waals surface area contributed by atoms with Crippen molar-refractivity contribution in [2.75, 3.05) is 5.75 Å². The van der Waals surface area contributed by atoms with Gasteiger partial charge in [0, 0.05) is 13.0 Å². The Kier molecular flexibility index (Phi) is 6.30. The third-order valence-electron chi connectivity index (χ3n) is 5.35. The monoisotopic (exact) mass is 406 g/mol. The first-order valence-corrected chi connectivity index (χ1v) is 11.2. The maximum atomic E-state index is 12.6. The molecule has 0 radical (unpaired) electrons. The van der Waals surface area contributed by atoms with Crippen molar-refractivity contribution in [1.82, 2.24) is 20.1 Å². The van der Waals surface area contributed by atoms with E-state index in [2.05, 4.69) is 63.4 Å². The maximum Gasteiger partial charge on any atom is 0.230 e. The van der Waals surface area contributed by atoms with Crippen LogP contribution in [-0.4, -0.2) is 26.4 Å². The lowest BCUT2D eigenvalue weighted by Crippen LogP contribution is -2.32. The molecule has 2 aromatic carbocycles. The van der Waals surface area contributed by atoms with Crippen molar-refractivity contribution in [2.45, 2.75) is 50.4 Å². The molecular formula is C23H26N4OS. The highest BCUT2D eigenvalue weighted by Crippen LogP contribution is 2.29. The molecule has 1 N–H and O–H groups in total. The number of hydrogen-bond acceptors (Lipinski definition) is 4. The first kappa shape index (κ1) is 19.7. The number of rotatable bonds is 7. The van der Waals surface area contributed by atoms with Crippen LogP contribution in [0.25, 0.3) is 0 Å². The van der Waals surface area contributed by atoms with Gasteiger partial charge >= 0.3 is 0 Å². The Morgan fingerprint density at radius 3 is 2.76 bits per heavy atom. The average Bonchev–Trinajstić information content (AvgIpc) is 3.14. The molecule has 5 nitrogen and oxygen atoms in total. The summed E-state index contributed by atoms with van der Waals surface area (Å²) in [6.07, 6.45) is 3.95. The van der Waals surface area contributed by atoms with Gasteiger partial charge in [-0.1, -0.05) is 66.4 Å². The summed E-state index contributed by atoms with van der Waals surface area (Å²) in [6.45, 7) is 2.87. The first-order valence-electron chi connectivity index (χ1n) is 10.2. The van der Waals surface area contributed by atoms with Gasteiger partial charge in [0.1, 0.15) is 5.82 Å². The van der Waals surface area contributed by atoms with Gasteiger partial charge in [0.05, 0.1) is 11.8 Å². The van der Waals surface area contributed by atoms with Crippen LogP contribution in [0, 0.1) is 0 Å². The van der Waals surface area contributed by atoms with Gasteiger partial charge in [-0.15, -0.1) is 10.2 Å². The number of carbonyl (C=O) groups is 1. The van der Waals surface area contributed by atoms with Crippen molar-refractivity contribution in [2.24, 2.45) is 0 Å². The predicted octanol–water partition coefficient (Wildman–Crippen LogP) is 4.17. The Balaban J connectivity index is 1.37. The minimum atomic E-state index is 0.0481. The fourth-order valence-corrected chi connectivity index (χ4v) is 4.76. The molecule has 1 atom stereocenters. The number of nitrogens with zero attached hydrogens (tertiary/aromatic N) is 3. The molecule has 1 amide bonds. The second kappa shape index (κ2) is 9.27. The van der Waals surface area contributed by atoms with Crippen LogP contribution < -0.4 is 5.32 Å². The number of carbonyl (C=O) groups excluding carboxylic acids is 1. The zero-order valence-electron chi connectivity index (χ0n) is 16.7. The fraction of sp³-hybridized carbons (Fsp3) is 0.348. The highest BCUT2D eigenvalue weighted by Gasteiger charge is 2.22. The fourth-order valence-electron chi connectivity index (χ4n) is 3.92. The molecule has 1 aliphatic rings. The molecule has 3 aromatic rings. The van der Waals surface area contributed by atoms with Gasteiger partial charge < -0.3 is 9.88 Å². The highest BCUT2D eigenvalue weighted by atomic mass is 32.2. The number of benzene rings is 2. The zero-order chi connectivity index (χ0) is 20.1. The van der Waals surface area contributed by atoms with E-state index in [1.807, 2.05) is 18.2 Å². The number of hydrogen-bond donors (Lipinski definition) is 1. The van der Waals surface area contributed by atoms with Crippen LogP contribution in [0.2, 0.25) is 0 Å². The highest BCUT2D eigenvalue weighted by molar-refractivity contribution is 7.99. The average molecular weight is 407 g/mol. The summed E-state index contributed by atoms with van der Waals surface area (Å²) >= 11 is 1.46. The lowest BCUT2D eigenvalue weighted by Gasteiger charge is -2.26. The Bertz CT molecular complexity index is 970. The van der Waals surface area contributed by atoms with Crippen LogP contribution in [0.3, 0.4) is 0 Å². The van der Waals surface area contributed by atoms with E-state index < -0.39 is 0 Å². The SMILES string of the molecule is CCn1c(Cc2ccccc2)nnc1SCC(=O)N[C@H]1CCCc2ccccc21. The molecule has 0 unspecified atom stereocenters. The third-order valence-corrected chi connectivity index (χ3v) is 6.32. The summed E-state index contributed by atoms with van der Waals surface area (Å²) in [6, 6.07) is 18.8. The van der Waals surface area contributed by atoms with E-state index in [0.29, 0.717) is 5.75 Å². The van der Waals surface area contributed by atoms with Crippen LogP contribution in [0.15, 0.2) is 59.8 Å². The quantitative estimate of drug-likeness (QED) is 0.598. The van der Waals surface area contributed by atoms with Crippen molar-refractivity contribution in [3.05, 3.63) is 77.1 Å². The van der Waals surface area contributed by atoms with Crippen LogP contribution in [-0.2, 0) is 24.2 Å². The largest absolute Gasteiger partial charge is 0.349 e. The standard InChI is InChI=1S/C23H26N4OS/c1-2-27-21(15-17-9-4-3-5-10-17)25-26-23(27)29-16-22(28)24-20-14-8-12-18-11-6-7-13-19(18)20/h3-7,9-11,13,20H,2,8,12,14-16H2,1H3,(H,24,28)/t20-/m0/s1. The summed E-state index contributed by atoms with van der Waals surface area (Å²) in [5.41, 5.74) is 3.83. The number of nitrogens with one attached hydrogen (secondary N) is 1. The van der Waals surface area contributed by atoms with Gasteiger partial charge in [0.15, 0.2) is 5.16 Å². The van der Waals surface area contributed by atoms with E-state index in [1.54, 1.807) is 0 Å². The van der Waals surface area contributed by atoms with Crippen LogP contribution in [0.1, 0.15) is 48.3 Å². The molecule has 150 valence electrons. The minimum Gasteiger partial charge on any atom is -0.349 e. The number of thioether (sulfide) groups is 1. The van der Waals surface area contributed by atoms with Crippen LogP contribution in [0.4, 0.5) is 0 Å². The third kappa shape index (κ3) is 4.70. The smallest absolute Gasteiger partial charge is 0.230 e. The molecule has 0 fully saturated rings. The lowest BCUT2D eigenvalue weighted by molar-refractivity contribution is -0.119. The summed E-state index contributed by atoms with van der Waals surface area (Å²) < 4.78 is 2.10. The predicted molar refractivity (Wildman–Crippen MR) is 116 cm³/mol. The van der Waals surface area contributed by atoms with Crippen molar-refractivity contribution < 1.29 is 4.79 Å². The van der Waals surface area contributed by atoms with Gasteiger partial charge in [-0.3, -0.25) is 4.79 Å². The molecule has 1 aromatic heterocycles. The summed E-state index contributed by atoms with van der Waals surface area (Å²) in [4.78, 5) is 12.6. The van der Waals surface area contributed by atoms with Gasteiger partial charge in [-0.2, -0.15) is 0 Å². The lowest BCUT2D eigenvalue weighted by atomic mass is 9.88. The topological polar surface area (TPSA) is 59.8 Å². The second-order valence-corrected chi connectivity index (χ2v) is 8.25. The van der Waals surface area contributed by atoms with Gasteiger partial charge in [-0.25, -0.2) is 0 Å². The van der Waals surface area contributed by atoms with E-state index in [-0.39, 0.29) is 11.9 Å². The first-order chi connectivity index (χ1) is 14.2. The molecule has 1 heterocycles. The van der Waals surface area contributed by atoms with Crippen molar-refractivity contribution in [3.63, 3.8) is 0 Å². The number of fused-ring (bicyclic) bond motifs is 1. The molecular weight excluding hydrogens is 380 g/mol. The molecule has 0 bridgehead atoms. The van der Waals surface area contributed by atoms with Crippen molar-refractivity contribution >= 4 is 17.7 Å². The number of aryl methyl sites for hydroxylation is 1. The molecule has 6 heteroatoms. The maximum absolute atomic E-state index is 12.6. The Morgan fingerprint density at radius 1 is 1.14 bits per heavy atom. The van der Waals surface area contributed by atoms with E-state index in [0.717, 1.165) is 43.2 Å². The number of amides is 1. The van der Waals surface area contributed by atoms with E-state index in [1.165, 1.54) is 28.5 Å². The molecule has 0 saturated carbocycles. The second-order valence-electron chi connectivity index (χ2n) is 7.31. The Hall–Kier alpha value is -2.60. The molecule has 29 heavy (non-hydrogen) atoms. The molecule has 0 spiro atoms. The molecule has 4 rings (SSSR count). The normalized spacial score (nSPS) is 15.7. The molecule has 0 saturated heterocycles. The Labute approximate surface area is 175 Å². The van der Waals surface area contributed by atoms with Gasteiger partial charge in [0.2, 0.25) is 5.91 Å². The van der Waals surface area contributed by atoms with E-state index in [9.17, 15) is 4.79 Å². The van der Waals surface area contributed by atoms with Crippen molar-refractivity contribution in [3.8, 4) is 0 Å².